The summed E-state index contributed by atoms with van der Waals surface area (Å²) in [5.41, 5.74) is 0.814. The first-order valence-electron chi connectivity index (χ1n) is 10.9. The summed E-state index contributed by atoms with van der Waals surface area (Å²) in [7, 11) is 0. The van der Waals surface area contributed by atoms with E-state index in [0.29, 0.717) is 0 Å². The number of nitrogens with zero attached hydrogens (tertiary/aromatic N) is 2. The number of anilines is 1. The molecule has 1 amide bonds. The van der Waals surface area contributed by atoms with Gasteiger partial charge in [-0.2, -0.15) is 5.10 Å². The van der Waals surface area contributed by atoms with Crippen LogP contribution in [-0.4, -0.2) is 34.0 Å². The van der Waals surface area contributed by atoms with Gasteiger partial charge >= 0.3 is 6.36 Å². The number of hydrogen-bond acceptors (Lipinski definition) is 6. The van der Waals surface area contributed by atoms with Gasteiger partial charge in [-0.25, -0.2) is 5.10 Å². The molecule has 0 saturated carbocycles. The zero-order valence-electron chi connectivity index (χ0n) is 19.1. The van der Waals surface area contributed by atoms with Crippen molar-refractivity contribution >= 4 is 23.3 Å². The van der Waals surface area contributed by atoms with E-state index in [1.807, 2.05) is 13.8 Å². The molecule has 4 rings (SSSR count). The number of benzene rings is 2. The van der Waals surface area contributed by atoms with E-state index in [4.69, 9.17) is 0 Å². The predicted octanol–water partition coefficient (Wildman–Crippen LogP) is 3.95. The molecule has 1 aliphatic heterocycles. The van der Waals surface area contributed by atoms with Crippen LogP contribution in [0.4, 0.5) is 19.0 Å². The first-order valence-corrected chi connectivity index (χ1v) is 10.9. The molecule has 0 spiro atoms. The van der Waals surface area contributed by atoms with Crippen molar-refractivity contribution in [1.29, 1.82) is 0 Å². The van der Waals surface area contributed by atoms with E-state index in [1.165, 1.54) is 18.2 Å². The molecule has 186 valence electrons. The van der Waals surface area contributed by atoms with Gasteiger partial charge in [-0.05, 0) is 35.2 Å². The van der Waals surface area contributed by atoms with Crippen LogP contribution < -0.4 is 15.2 Å². The Labute approximate surface area is 202 Å². The minimum Gasteiger partial charge on any atom is -0.406 e. The van der Waals surface area contributed by atoms with Crippen LogP contribution in [0.3, 0.4) is 0 Å². The smallest absolute Gasteiger partial charge is 0.406 e. The quantitative estimate of drug-likeness (QED) is 0.313. The second kappa shape index (κ2) is 9.40. The molecule has 2 heterocycles. The van der Waals surface area contributed by atoms with Gasteiger partial charge in [0.15, 0.2) is 11.6 Å². The molecule has 2 atom stereocenters. The van der Waals surface area contributed by atoms with Gasteiger partial charge in [-0.1, -0.05) is 50.2 Å². The lowest BCUT2D eigenvalue weighted by molar-refractivity contribution is -0.274. The van der Waals surface area contributed by atoms with Gasteiger partial charge in [0.2, 0.25) is 5.78 Å². The Kier molecular flexibility index (Phi) is 6.49. The third-order valence-electron chi connectivity index (χ3n) is 5.82. The van der Waals surface area contributed by atoms with Crippen LogP contribution in [0, 0.1) is 5.92 Å². The number of ketones is 2. The van der Waals surface area contributed by atoms with Crippen molar-refractivity contribution in [3.05, 3.63) is 87.7 Å². The van der Waals surface area contributed by atoms with Gasteiger partial charge in [-0.15, -0.1) is 13.2 Å². The zero-order valence-corrected chi connectivity index (χ0v) is 19.1. The number of Topliss-reactive ketones (excluding diaryl/α,β-unsaturated/α-hetero) is 2. The maximum absolute atomic E-state index is 13.5. The summed E-state index contributed by atoms with van der Waals surface area (Å²) in [6, 6.07) is 12.2. The van der Waals surface area contributed by atoms with Crippen LogP contribution in [0.15, 0.2) is 65.5 Å². The van der Waals surface area contributed by atoms with E-state index >= 15 is 0 Å². The molecule has 1 N–H and O–H groups in total. The number of ether oxygens (including phenoxy) is 1. The predicted molar refractivity (Wildman–Crippen MR) is 122 cm³/mol. The summed E-state index contributed by atoms with van der Waals surface area (Å²) in [6.45, 7) is 3.96. The van der Waals surface area contributed by atoms with Crippen LogP contribution in [0.1, 0.15) is 47.3 Å². The number of rotatable bonds is 6. The van der Waals surface area contributed by atoms with Gasteiger partial charge in [0.1, 0.15) is 11.7 Å². The molecular formula is C25H20F3N3O5. The summed E-state index contributed by atoms with van der Waals surface area (Å²) >= 11 is 0. The standard InChI is InChI=1S/C25H20F3N3O5/c1-13(2)14-3-5-16(6-4-14)22(33)20-21(15-7-9-17(10-8-15)36-25(26,27)28)31(24(35)23(20)34)18-11-12-19(32)30-29-18/h3-13,20-21H,1-2H3,(H,30,32). The van der Waals surface area contributed by atoms with E-state index in [0.717, 1.165) is 28.7 Å². The molecule has 36 heavy (non-hydrogen) atoms. The summed E-state index contributed by atoms with van der Waals surface area (Å²) in [5.74, 6) is -4.56. The maximum atomic E-state index is 13.5. The Morgan fingerprint density at radius 1 is 0.972 bits per heavy atom. The average Bonchev–Trinajstić information content (AvgIpc) is 3.09. The fraction of sp³-hybridized carbons (Fsp3) is 0.240. The monoisotopic (exact) mass is 499 g/mol. The Morgan fingerprint density at radius 3 is 2.14 bits per heavy atom. The number of alkyl halides is 3. The van der Waals surface area contributed by atoms with Crippen LogP contribution in [0.25, 0.3) is 0 Å². The van der Waals surface area contributed by atoms with Crippen molar-refractivity contribution in [2.24, 2.45) is 5.92 Å². The Bertz CT molecular complexity index is 1340. The molecule has 1 fully saturated rings. The molecule has 1 aliphatic rings. The Morgan fingerprint density at radius 2 is 1.61 bits per heavy atom. The number of amides is 1. The van der Waals surface area contributed by atoms with Crippen molar-refractivity contribution in [2.45, 2.75) is 32.2 Å². The van der Waals surface area contributed by atoms with Crippen molar-refractivity contribution in [3.63, 3.8) is 0 Å². The lowest BCUT2D eigenvalue weighted by Gasteiger charge is -2.26. The number of H-pyrrole nitrogens is 1. The number of carbonyl (C=O) groups is 3. The Hall–Kier alpha value is -4.28. The third kappa shape index (κ3) is 4.90. The molecule has 11 heteroatoms. The highest BCUT2D eigenvalue weighted by Gasteiger charge is 2.53. The third-order valence-corrected chi connectivity index (χ3v) is 5.82. The fourth-order valence-electron chi connectivity index (χ4n) is 4.07. The minimum absolute atomic E-state index is 0.0981. The van der Waals surface area contributed by atoms with Gasteiger partial charge in [0.05, 0.1) is 6.04 Å². The molecule has 2 aromatic carbocycles. The van der Waals surface area contributed by atoms with Gasteiger partial charge in [0, 0.05) is 11.6 Å². The van der Waals surface area contributed by atoms with Crippen LogP contribution in [0.5, 0.6) is 5.75 Å². The highest BCUT2D eigenvalue weighted by molar-refractivity contribution is 6.48. The molecule has 1 aromatic heterocycles. The second-order valence-corrected chi connectivity index (χ2v) is 8.50. The van der Waals surface area contributed by atoms with Crippen LogP contribution in [0.2, 0.25) is 0 Å². The van der Waals surface area contributed by atoms with Gasteiger partial charge in [-0.3, -0.25) is 24.1 Å². The van der Waals surface area contributed by atoms with Crippen molar-refractivity contribution in [2.75, 3.05) is 4.90 Å². The van der Waals surface area contributed by atoms with Crippen LogP contribution in [-0.2, 0) is 9.59 Å². The van der Waals surface area contributed by atoms with E-state index in [1.54, 1.807) is 24.3 Å². The molecule has 0 bridgehead atoms. The zero-order chi connectivity index (χ0) is 26.2. The van der Waals surface area contributed by atoms with Gasteiger partial charge < -0.3 is 4.74 Å². The topological polar surface area (TPSA) is 109 Å². The van der Waals surface area contributed by atoms with E-state index in [9.17, 15) is 32.3 Å². The van der Waals surface area contributed by atoms with Crippen LogP contribution >= 0.6 is 0 Å². The molecule has 2 unspecified atom stereocenters. The first-order chi connectivity index (χ1) is 17.0. The minimum atomic E-state index is -4.91. The van der Waals surface area contributed by atoms with Crippen molar-refractivity contribution in [3.8, 4) is 5.75 Å². The Balaban J connectivity index is 1.79. The molecule has 8 nitrogen and oxygen atoms in total. The van der Waals surface area contributed by atoms with E-state index in [2.05, 4.69) is 14.9 Å². The molecule has 1 saturated heterocycles. The maximum Gasteiger partial charge on any atom is 0.573 e. The summed E-state index contributed by atoms with van der Waals surface area (Å²) in [5, 5.41) is 5.99. The summed E-state index contributed by atoms with van der Waals surface area (Å²) in [4.78, 5) is 52.1. The van der Waals surface area contributed by atoms with E-state index in [-0.39, 0.29) is 22.9 Å². The number of halogens is 3. The lowest BCUT2D eigenvalue weighted by atomic mass is 9.86. The average molecular weight is 499 g/mol. The molecule has 3 aromatic rings. The lowest BCUT2D eigenvalue weighted by Crippen LogP contribution is -2.32. The highest BCUT2D eigenvalue weighted by atomic mass is 19.4. The molecular weight excluding hydrogens is 479 g/mol. The van der Waals surface area contributed by atoms with Crippen molar-refractivity contribution in [1.82, 2.24) is 10.2 Å². The number of aromatic nitrogens is 2. The normalized spacial score (nSPS) is 18.1. The first kappa shape index (κ1) is 24.8. The van der Waals surface area contributed by atoms with E-state index < -0.39 is 47.1 Å². The largest absolute Gasteiger partial charge is 0.573 e. The molecule has 0 aliphatic carbocycles. The summed E-state index contributed by atoms with van der Waals surface area (Å²) in [6.07, 6.45) is -4.91. The SMILES string of the molecule is CC(C)c1ccc(C(=O)C2C(=O)C(=O)N(c3ccc(=O)[nH]n3)C2c2ccc(OC(F)(F)F)cc2)cc1. The number of nitrogens with one attached hydrogen (secondary N) is 1. The van der Waals surface area contributed by atoms with Crippen molar-refractivity contribution < 1.29 is 32.3 Å². The fourth-order valence-corrected chi connectivity index (χ4v) is 4.07. The number of hydrogen-bond donors (Lipinski definition) is 1. The number of carbonyl (C=O) groups excluding carboxylic acids is 3. The highest BCUT2D eigenvalue weighted by Crippen LogP contribution is 2.41. The number of aromatic amines is 1. The second-order valence-electron chi connectivity index (χ2n) is 8.50. The summed E-state index contributed by atoms with van der Waals surface area (Å²) < 4.78 is 41.7. The molecule has 0 radical (unpaired) electrons. The van der Waals surface area contributed by atoms with Gasteiger partial charge in [0.25, 0.3) is 11.5 Å².